The molecule has 2 rings (SSSR count). The molecule has 0 saturated carbocycles. The Morgan fingerprint density at radius 2 is 2.06 bits per heavy atom. The van der Waals surface area contributed by atoms with Crippen molar-refractivity contribution in [1.82, 2.24) is 9.78 Å². The van der Waals surface area contributed by atoms with Gasteiger partial charge in [0, 0.05) is 7.05 Å². The maximum Gasteiger partial charge on any atom is 0.0837 e. The van der Waals surface area contributed by atoms with Gasteiger partial charge in [0.1, 0.15) is 0 Å². The number of aryl methyl sites for hydroxylation is 2. The molecule has 4 heteroatoms. The standard InChI is InChI=1S/C13H16ClN3/c1-8-5-4-6-10(9(8)2)12(15)13-11(14)7-16-17(13)3/h4-7,12H,15H2,1-3H3. The number of aromatic nitrogens is 2. The molecule has 1 heterocycles. The van der Waals surface area contributed by atoms with Crippen LogP contribution in [-0.2, 0) is 7.05 Å². The van der Waals surface area contributed by atoms with Crippen molar-refractivity contribution in [1.29, 1.82) is 0 Å². The lowest BCUT2D eigenvalue weighted by atomic mass is 9.96. The van der Waals surface area contributed by atoms with Crippen molar-refractivity contribution in [3.05, 3.63) is 51.8 Å². The SMILES string of the molecule is Cc1cccc(C(N)c2c(Cl)cnn2C)c1C. The number of nitrogens with two attached hydrogens (primary N) is 1. The van der Waals surface area contributed by atoms with E-state index in [0.717, 1.165) is 11.3 Å². The molecule has 0 saturated heterocycles. The highest BCUT2D eigenvalue weighted by Crippen LogP contribution is 2.28. The molecule has 1 unspecified atom stereocenters. The topological polar surface area (TPSA) is 43.8 Å². The minimum Gasteiger partial charge on any atom is -0.319 e. The van der Waals surface area contributed by atoms with Gasteiger partial charge in [-0.25, -0.2) is 0 Å². The molecule has 0 fully saturated rings. The zero-order valence-corrected chi connectivity index (χ0v) is 11.0. The summed E-state index contributed by atoms with van der Waals surface area (Å²) < 4.78 is 1.73. The molecule has 0 amide bonds. The summed E-state index contributed by atoms with van der Waals surface area (Å²) in [5.41, 5.74) is 10.7. The predicted molar refractivity (Wildman–Crippen MR) is 70.2 cm³/mol. The normalized spacial score (nSPS) is 12.8. The fourth-order valence-electron chi connectivity index (χ4n) is 2.03. The van der Waals surface area contributed by atoms with Crippen LogP contribution in [0.1, 0.15) is 28.4 Å². The van der Waals surface area contributed by atoms with Gasteiger partial charge in [0.15, 0.2) is 0 Å². The average Bonchev–Trinajstić information content (AvgIpc) is 2.62. The summed E-state index contributed by atoms with van der Waals surface area (Å²) in [6.45, 7) is 4.16. The van der Waals surface area contributed by atoms with Gasteiger partial charge >= 0.3 is 0 Å². The van der Waals surface area contributed by atoms with Gasteiger partial charge in [0.2, 0.25) is 0 Å². The zero-order valence-electron chi connectivity index (χ0n) is 10.2. The molecule has 17 heavy (non-hydrogen) atoms. The maximum absolute atomic E-state index is 6.29. The van der Waals surface area contributed by atoms with Crippen molar-refractivity contribution in [2.75, 3.05) is 0 Å². The smallest absolute Gasteiger partial charge is 0.0837 e. The van der Waals surface area contributed by atoms with Crippen molar-refractivity contribution >= 4 is 11.6 Å². The number of hydrogen-bond donors (Lipinski definition) is 1. The van der Waals surface area contributed by atoms with E-state index in [1.54, 1.807) is 10.9 Å². The van der Waals surface area contributed by atoms with Crippen LogP contribution >= 0.6 is 11.6 Å². The zero-order chi connectivity index (χ0) is 12.6. The van der Waals surface area contributed by atoms with Crippen LogP contribution in [0.4, 0.5) is 0 Å². The van der Waals surface area contributed by atoms with Crippen LogP contribution < -0.4 is 5.73 Å². The largest absolute Gasteiger partial charge is 0.319 e. The van der Waals surface area contributed by atoms with E-state index in [9.17, 15) is 0 Å². The summed E-state index contributed by atoms with van der Waals surface area (Å²) in [5.74, 6) is 0. The molecule has 90 valence electrons. The number of nitrogens with zero attached hydrogens (tertiary/aromatic N) is 2. The third-order valence-corrected chi connectivity index (χ3v) is 3.51. The van der Waals surface area contributed by atoms with E-state index in [2.05, 4.69) is 25.0 Å². The van der Waals surface area contributed by atoms with Crippen LogP contribution in [0.15, 0.2) is 24.4 Å². The molecule has 1 aromatic heterocycles. The van der Waals surface area contributed by atoms with Crippen molar-refractivity contribution in [2.24, 2.45) is 12.8 Å². The summed E-state index contributed by atoms with van der Waals surface area (Å²) in [6.07, 6.45) is 1.63. The molecule has 1 aromatic carbocycles. The monoisotopic (exact) mass is 249 g/mol. The van der Waals surface area contributed by atoms with Crippen LogP contribution in [0.2, 0.25) is 5.02 Å². The molecule has 0 aliphatic rings. The molecule has 0 bridgehead atoms. The van der Waals surface area contributed by atoms with Crippen molar-refractivity contribution in [3.63, 3.8) is 0 Å². The first-order valence-corrected chi connectivity index (χ1v) is 5.89. The van der Waals surface area contributed by atoms with E-state index < -0.39 is 0 Å². The third kappa shape index (κ3) is 2.08. The van der Waals surface area contributed by atoms with Crippen molar-refractivity contribution in [2.45, 2.75) is 19.9 Å². The molecule has 0 aliphatic carbocycles. The van der Waals surface area contributed by atoms with E-state index >= 15 is 0 Å². The fraction of sp³-hybridized carbons (Fsp3) is 0.308. The van der Waals surface area contributed by atoms with Crippen molar-refractivity contribution in [3.8, 4) is 0 Å². The first-order valence-electron chi connectivity index (χ1n) is 5.51. The number of rotatable bonds is 2. The molecule has 2 N–H and O–H groups in total. The Morgan fingerprint density at radius 3 is 2.65 bits per heavy atom. The highest BCUT2D eigenvalue weighted by Gasteiger charge is 2.18. The average molecular weight is 250 g/mol. The van der Waals surface area contributed by atoms with Gasteiger partial charge in [-0.05, 0) is 30.5 Å². The van der Waals surface area contributed by atoms with Gasteiger partial charge < -0.3 is 5.73 Å². The molecule has 1 atom stereocenters. The van der Waals surface area contributed by atoms with Gasteiger partial charge in [-0.15, -0.1) is 0 Å². The molecule has 2 aromatic rings. The van der Waals surface area contributed by atoms with E-state index in [-0.39, 0.29) is 6.04 Å². The molecular weight excluding hydrogens is 234 g/mol. The van der Waals surface area contributed by atoms with Crippen LogP contribution in [0.25, 0.3) is 0 Å². The van der Waals surface area contributed by atoms with E-state index in [0.29, 0.717) is 5.02 Å². The minimum absolute atomic E-state index is 0.241. The van der Waals surface area contributed by atoms with Gasteiger partial charge in [-0.2, -0.15) is 5.10 Å². The van der Waals surface area contributed by atoms with Gasteiger partial charge in [0.25, 0.3) is 0 Å². The molecule has 3 nitrogen and oxygen atoms in total. The summed E-state index contributed by atoms with van der Waals surface area (Å²) >= 11 is 6.12. The summed E-state index contributed by atoms with van der Waals surface area (Å²) in [7, 11) is 1.85. The van der Waals surface area contributed by atoms with E-state index in [1.165, 1.54) is 11.1 Å². The lowest BCUT2D eigenvalue weighted by Crippen LogP contribution is -2.17. The minimum atomic E-state index is -0.241. The van der Waals surface area contributed by atoms with Crippen molar-refractivity contribution < 1.29 is 0 Å². The molecule has 0 radical (unpaired) electrons. The second-order valence-corrected chi connectivity index (χ2v) is 4.68. The van der Waals surface area contributed by atoms with Gasteiger partial charge in [-0.1, -0.05) is 29.8 Å². The Kier molecular flexibility index (Phi) is 3.22. The predicted octanol–water partition coefficient (Wildman–Crippen LogP) is 2.74. The third-order valence-electron chi connectivity index (χ3n) is 3.21. The Morgan fingerprint density at radius 1 is 1.35 bits per heavy atom. The van der Waals surface area contributed by atoms with E-state index in [1.807, 2.05) is 19.2 Å². The summed E-state index contributed by atoms with van der Waals surface area (Å²) in [4.78, 5) is 0. The summed E-state index contributed by atoms with van der Waals surface area (Å²) in [5, 5.41) is 4.73. The Balaban J connectivity index is 2.51. The fourth-order valence-corrected chi connectivity index (χ4v) is 2.31. The van der Waals surface area contributed by atoms with Crippen LogP contribution in [-0.4, -0.2) is 9.78 Å². The Hall–Kier alpha value is -1.32. The van der Waals surface area contributed by atoms with Gasteiger partial charge in [0.05, 0.1) is 23.0 Å². The highest BCUT2D eigenvalue weighted by molar-refractivity contribution is 6.31. The number of hydrogen-bond acceptors (Lipinski definition) is 2. The second-order valence-electron chi connectivity index (χ2n) is 4.27. The second kappa shape index (κ2) is 4.51. The lowest BCUT2D eigenvalue weighted by Gasteiger charge is -2.17. The quantitative estimate of drug-likeness (QED) is 0.890. The summed E-state index contributed by atoms with van der Waals surface area (Å²) in [6, 6.07) is 5.89. The van der Waals surface area contributed by atoms with Crippen LogP contribution in [0, 0.1) is 13.8 Å². The van der Waals surface area contributed by atoms with E-state index in [4.69, 9.17) is 17.3 Å². The maximum atomic E-state index is 6.29. The number of halogens is 1. The van der Waals surface area contributed by atoms with Gasteiger partial charge in [-0.3, -0.25) is 4.68 Å². The first kappa shape index (κ1) is 12.1. The molecule has 0 aliphatic heterocycles. The Bertz CT molecular complexity index is 526. The molecule has 0 spiro atoms. The lowest BCUT2D eigenvalue weighted by molar-refractivity contribution is 0.671. The Labute approximate surface area is 106 Å². The number of benzene rings is 1. The first-order chi connectivity index (χ1) is 8.02. The van der Waals surface area contributed by atoms with Crippen LogP contribution in [0.5, 0.6) is 0 Å². The van der Waals surface area contributed by atoms with Crippen LogP contribution in [0.3, 0.4) is 0 Å². The highest BCUT2D eigenvalue weighted by atomic mass is 35.5. The molecular formula is C13H16ClN3.